The van der Waals surface area contributed by atoms with E-state index >= 15 is 0 Å². The molecule has 8 nitrogen and oxygen atoms in total. The Morgan fingerprint density at radius 3 is 2.47 bits per heavy atom. The van der Waals surface area contributed by atoms with E-state index in [1.54, 1.807) is 48.5 Å². The summed E-state index contributed by atoms with van der Waals surface area (Å²) in [6.45, 7) is 1.99. The van der Waals surface area contributed by atoms with Crippen LogP contribution < -0.4 is 19.6 Å². The van der Waals surface area contributed by atoms with E-state index in [1.807, 2.05) is 13.0 Å². The first-order valence-electron chi connectivity index (χ1n) is 10.4. The van der Waals surface area contributed by atoms with Crippen LogP contribution in [-0.2, 0) is 14.8 Å². The van der Waals surface area contributed by atoms with Crippen molar-refractivity contribution < 1.29 is 22.7 Å². The van der Waals surface area contributed by atoms with Crippen molar-refractivity contribution in [2.75, 3.05) is 6.79 Å². The van der Waals surface area contributed by atoms with Crippen molar-refractivity contribution in [2.24, 2.45) is 5.10 Å². The van der Waals surface area contributed by atoms with E-state index in [1.165, 1.54) is 18.3 Å². The van der Waals surface area contributed by atoms with Crippen molar-refractivity contribution in [1.29, 1.82) is 0 Å². The van der Waals surface area contributed by atoms with Gasteiger partial charge in [-0.05, 0) is 30.7 Å². The molecule has 0 radical (unpaired) electrons. The molecule has 0 bridgehead atoms. The Kier molecular flexibility index (Phi) is 7.16. The van der Waals surface area contributed by atoms with Gasteiger partial charge in [0.1, 0.15) is 0 Å². The number of fused-ring (bicyclic) bond motifs is 1. The molecule has 3 aromatic rings. The van der Waals surface area contributed by atoms with Gasteiger partial charge in [-0.2, -0.15) is 5.10 Å². The van der Waals surface area contributed by atoms with Crippen LogP contribution in [0.5, 0.6) is 11.5 Å². The molecule has 3 aromatic carbocycles. The number of ether oxygens (including phenoxy) is 2. The highest BCUT2D eigenvalue weighted by Gasteiger charge is 2.24. The van der Waals surface area contributed by atoms with E-state index in [-0.39, 0.29) is 18.1 Å². The number of benzene rings is 3. The minimum absolute atomic E-state index is 0.113. The lowest BCUT2D eigenvalue weighted by atomic mass is 10.0. The van der Waals surface area contributed by atoms with Crippen molar-refractivity contribution in [3.63, 3.8) is 0 Å². The standard InChI is InChI=1S/C24H22ClN3O5S/c1-16-7-9-19(10-8-16)34(30,31)28-21(17-5-3-2-4-6-17)13-24(29)27-26-14-18-11-22-23(12-20(18)25)33-15-32-22/h2-12,14,21,28H,13,15H2,1H3,(H,27,29)/b26-14-/t21-/m1/s1. The number of rotatable bonds is 8. The molecule has 0 spiro atoms. The lowest BCUT2D eigenvalue weighted by Gasteiger charge is -2.18. The summed E-state index contributed by atoms with van der Waals surface area (Å²) in [5.41, 5.74) is 4.55. The van der Waals surface area contributed by atoms with Gasteiger partial charge in [-0.3, -0.25) is 4.79 Å². The summed E-state index contributed by atoms with van der Waals surface area (Å²) in [7, 11) is -3.86. The number of hydrazone groups is 1. The van der Waals surface area contributed by atoms with E-state index in [0.29, 0.717) is 27.6 Å². The van der Waals surface area contributed by atoms with Crippen LogP contribution in [0.4, 0.5) is 0 Å². The zero-order chi connectivity index (χ0) is 24.1. The third kappa shape index (κ3) is 5.74. The predicted molar refractivity (Wildman–Crippen MR) is 129 cm³/mol. The number of carbonyl (C=O) groups is 1. The van der Waals surface area contributed by atoms with Crippen molar-refractivity contribution >= 4 is 33.7 Å². The SMILES string of the molecule is Cc1ccc(S(=O)(=O)N[C@H](CC(=O)N/N=C\c2cc3c(cc2Cl)OCO3)c2ccccc2)cc1. The fourth-order valence-corrected chi connectivity index (χ4v) is 4.75. The highest BCUT2D eigenvalue weighted by Crippen LogP contribution is 2.36. The van der Waals surface area contributed by atoms with Gasteiger partial charge in [0.2, 0.25) is 22.7 Å². The molecule has 10 heteroatoms. The number of sulfonamides is 1. The van der Waals surface area contributed by atoms with E-state index in [2.05, 4.69) is 15.2 Å². The quantitative estimate of drug-likeness (QED) is 0.361. The first kappa shape index (κ1) is 23.7. The predicted octanol–water partition coefficient (Wildman–Crippen LogP) is 3.94. The Labute approximate surface area is 202 Å². The molecule has 1 amide bonds. The number of hydrogen-bond donors (Lipinski definition) is 2. The van der Waals surface area contributed by atoms with Gasteiger partial charge in [0.05, 0.1) is 22.2 Å². The Morgan fingerprint density at radius 2 is 1.76 bits per heavy atom. The van der Waals surface area contributed by atoms with Crippen molar-refractivity contribution in [3.05, 3.63) is 88.4 Å². The monoisotopic (exact) mass is 499 g/mol. The minimum atomic E-state index is -3.86. The fraction of sp³-hybridized carbons (Fsp3) is 0.167. The Balaban J connectivity index is 1.47. The van der Waals surface area contributed by atoms with Crippen LogP contribution in [0.25, 0.3) is 0 Å². The molecule has 4 rings (SSSR count). The first-order valence-corrected chi connectivity index (χ1v) is 12.2. The van der Waals surface area contributed by atoms with Crippen LogP contribution in [-0.4, -0.2) is 27.3 Å². The van der Waals surface area contributed by atoms with Crippen LogP contribution in [0.2, 0.25) is 5.02 Å². The maximum absolute atomic E-state index is 12.9. The largest absolute Gasteiger partial charge is 0.454 e. The average Bonchev–Trinajstić information content (AvgIpc) is 3.26. The molecule has 0 saturated carbocycles. The molecule has 34 heavy (non-hydrogen) atoms. The summed E-state index contributed by atoms with van der Waals surface area (Å²) in [5.74, 6) is 0.596. The normalized spacial score (nSPS) is 13.7. The highest BCUT2D eigenvalue weighted by atomic mass is 35.5. The van der Waals surface area contributed by atoms with Gasteiger partial charge in [0.15, 0.2) is 11.5 Å². The molecule has 1 aliphatic rings. The Hall–Kier alpha value is -3.40. The summed E-state index contributed by atoms with van der Waals surface area (Å²) in [5, 5.41) is 4.34. The maximum Gasteiger partial charge on any atom is 0.242 e. The molecule has 0 fully saturated rings. The minimum Gasteiger partial charge on any atom is -0.454 e. The molecule has 1 aliphatic heterocycles. The van der Waals surface area contributed by atoms with Crippen LogP contribution in [0.15, 0.2) is 76.7 Å². The smallest absolute Gasteiger partial charge is 0.242 e. The van der Waals surface area contributed by atoms with E-state index in [0.717, 1.165) is 5.56 Å². The molecule has 0 aliphatic carbocycles. The zero-order valence-corrected chi connectivity index (χ0v) is 19.8. The number of amides is 1. The zero-order valence-electron chi connectivity index (χ0n) is 18.2. The molecule has 2 N–H and O–H groups in total. The number of aryl methyl sites for hydroxylation is 1. The van der Waals surface area contributed by atoms with Gasteiger partial charge < -0.3 is 9.47 Å². The summed E-state index contributed by atoms with van der Waals surface area (Å²) in [6, 6.07) is 17.8. The Morgan fingerprint density at radius 1 is 1.09 bits per heavy atom. The summed E-state index contributed by atoms with van der Waals surface area (Å²) >= 11 is 6.21. The number of nitrogens with one attached hydrogen (secondary N) is 2. The van der Waals surface area contributed by atoms with Crippen molar-refractivity contribution in [1.82, 2.24) is 10.1 Å². The van der Waals surface area contributed by atoms with Crippen molar-refractivity contribution in [2.45, 2.75) is 24.3 Å². The van der Waals surface area contributed by atoms with Gasteiger partial charge in [0.25, 0.3) is 0 Å². The van der Waals surface area contributed by atoms with Gasteiger partial charge in [-0.1, -0.05) is 59.6 Å². The van der Waals surface area contributed by atoms with E-state index in [9.17, 15) is 13.2 Å². The molecule has 1 atom stereocenters. The molecular weight excluding hydrogens is 478 g/mol. The third-order valence-corrected chi connectivity index (χ3v) is 6.92. The fourth-order valence-electron chi connectivity index (χ4n) is 3.32. The highest BCUT2D eigenvalue weighted by molar-refractivity contribution is 7.89. The first-order chi connectivity index (χ1) is 16.3. The second-order valence-electron chi connectivity index (χ2n) is 7.62. The number of carbonyl (C=O) groups excluding carboxylic acids is 1. The summed E-state index contributed by atoms with van der Waals surface area (Å²) in [6.07, 6.45) is 1.22. The van der Waals surface area contributed by atoms with Gasteiger partial charge in [0, 0.05) is 18.1 Å². The van der Waals surface area contributed by atoms with Crippen LogP contribution in [0, 0.1) is 6.92 Å². The second-order valence-corrected chi connectivity index (χ2v) is 9.74. The lowest BCUT2D eigenvalue weighted by Crippen LogP contribution is -2.32. The van der Waals surface area contributed by atoms with Crippen molar-refractivity contribution in [3.8, 4) is 11.5 Å². The lowest BCUT2D eigenvalue weighted by molar-refractivity contribution is -0.121. The molecule has 176 valence electrons. The van der Waals surface area contributed by atoms with Gasteiger partial charge in [-0.15, -0.1) is 0 Å². The third-order valence-electron chi connectivity index (χ3n) is 5.10. The maximum atomic E-state index is 12.9. The van der Waals surface area contributed by atoms with Gasteiger partial charge >= 0.3 is 0 Å². The summed E-state index contributed by atoms with van der Waals surface area (Å²) in [4.78, 5) is 12.7. The van der Waals surface area contributed by atoms with Gasteiger partial charge in [-0.25, -0.2) is 18.6 Å². The van der Waals surface area contributed by atoms with Crippen LogP contribution >= 0.6 is 11.6 Å². The summed E-state index contributed by atoms with van der Waals surface area (Å²) < 4.78 is 39.1. The number of hydrogen-bond acceptors (Lipinski definition) is 6. The number of nitrogens with zero attached hydrogens (tertiary/aromatic N) is 1. The topological polar surface area (TPSA) is 106 Å². The number of halogens is 1. The van der Waals surface area contributed by atoms with Crippen LogP contribution in [0.3, 0.4) is 0 Å². The molecular formula is C24H22ClN3O5S. The second kappa shape index (κ2) is 10.3. The molecule has 0 aromatic heterocycles. The average molecular weight is 500 g/mol. The van der Waals surface area contributed by atoms with E-state index in [4.69, 9.17) is 21.1 Å². The van der Waals surface area contributed by atoms with E-state index < -0.39 is 22.0 Å². The van der Waals surface area contributed by atoms with Crippen LogP contribution in [0.1, 0.15) is 29.2 Å². The Bertz CT molecular complexity index is 1310. The molecule has 0 unspecified atom stereocenters. The molecule has 1 heterocycles. The molecule has 0 saturated heterocycles.